The average Bonchev–Trinajstić information content (AvgIpc) is 3.09. The quantitative estimate of drug-likeness (QED) is 0.852. The Bertz CT molecular complexity index is 693. The van der Waals surface area contributed by atoms with Crippen LogP contribution in [0.4, 0.5) is 10.2 Å². The van der Waals surface area contributed by atoms with Gasteiger partial charge in [-0.05, 0) is 75.5 Å². The van der Waals surface area contributed by atoms with Crippen molar-refractivity contribution in [2.24, 2.45) is 0 Å². The molecule has 0 N–H and O–H groups in total. The van der Waals surface area contributed by atoms with E-state index in [0.717, 1.165) is 42.2 Å². The zero-order chi connectivity index (χ0) is 17.2. The number of hydrogen-bond donors (Lipinski definition) is 0. The van der Waals surface area contributed by atoms with Crippen molar-refractivity contribution in [2.45, 2.75) is 44.7 Å². The van der Waals surface area contributed by atoms with Crippen LogP contribution in [0.5, 0.6) is 0 Å². The Morgan fingerprint density at radius 3 is 2.28 bits per heavy atom. The van der Waals surface area contributed by atoms with Gasteiger partial charge in [0.25, 0.3) is 0 Å². The second kappa shape index (κ2) is 7.08. The standard InChI is InChI=1S/C20H25FN4/c1-15-3-2-12-25(15)18-10-13-24(14-11-18)20-9-8-19(22-23-20)16-4-6-17(21)7-5-16/h4-9,15,18H,2-3,10-14H2,1H3. The minimum absolute atomic E-state index is 0.233. The predicted octanol–water partition coefficient (Wildman–Crippen LogP) is 3.74. The van der Waals surface area contributed by atoms with Crippen molar-refractivity contribution in [3.63, 3.8) is 0 Å². The van der Waals surface area contributed by atoms with E-state index < -0.39 is 0 Å². The van der Waals surface area contributed by atoms with E-state index in [1.807, 2.05) is 12.1 Å². The molecule has 2 saturated heterocycles. The molecule has 2 aliphatic rings. The molecule has 1 aromatic heterocycles. The van der Waals surface area contributed by atoms with Gasteiger partial charge in [0.1, 0.15) is 5.82 Å². The highest BCUT2D eigenvalue weighted by molar-refractivity contribution is 5.59. The monoisotopic (exact) mass is 340 g/mol. The van der Waals surface area contributed by atoms with E-state index in [0.29, 0.717) is 0 Å². The topological polar surface area (TPSA) is 32.3 Å². The average molecular weight is 340 g/mol. The maximum Gasteiger partial charge on any atom is 0.151 e. The molecule has 0 bridgehead atoms. The molecule has 1 atom stereocenters. The van der Waals surface area contributed by atoms with Crippen molar-refractivity contribution in [2.75, 3.05) is 24.5 Å². The SMILES string of the molecule is CC1CCCN1C1CCN(c2ccc(-c3ccc(F)cc3)nn2)CC1. The summed E-state index contributed by atoms with van der Waals surface area (Å²) in [7, 11) is 0. The lowest BCUT2D eigenvalue weighted by molar-refractivity contribution is 0.163. The molecule has 5 heteroatoms. The number of hydrogen-bond acceptors (Lipinski definition) is 4. The first kappa shape index (κ1) is 16.5. The number of nitrogens with zero attached hydrogens (tertiary/aromatic N) is 4. The normalized spacial score (nSPS) is 22.5. The molecular weight excluding hydrogens is 315 g/mol. The number of piperidine rings is 1. The highest BCUT2D eigenvalue weighted by Gasteiger charge is 2.30. The third-order valence-corrected chi connectivity index (χ3v) is 5.65. The summed E-state index contributed by atoms with van der Waals surface area (Å²) in [5, 5.41) is 8.75. The van der Waals surface area contributed by atoms with E-state index in [2.05, 4.69) is 26.9 Å². The lowest BCUT2D eigenvalue weighted by atomic mass is 10.0. The predicted molar refractivity (Wildman–Crippen MR) is 98.1 cm³/mol. The summed E-state index contributed by atoms with van der Waals surface area (Å²) in [4.78, 5) is 5.03. The zero-order valence-electron chi connectivity index (χ0n) is 14.7. The van der Waals surface area contributed by atoms with Crippen LogP contribution in [-0.4, -0.2) is 46.8 Å². The summed E-state index contributed by atoms with van der Waals surface area (Å²) < 4.78 is 13.0. The molecule has 1 unspecified atom stereocenters. The second-order valence-electron chi connectivity index (χ2n) is 7.23. The Morgan fingerprint density at radius 1 is 0.920 bits per heavy atom. The third-order valence-electron chi connectivity index (χ3n) is 5.65. The van der Waals surface area contributed by atoms with Gasteiger partial charge in [0.2, 0.25) is 0 Å². The summed E-state index contributed by atoms with van der Waals surface area (Å²) in [6.07, 6.45) is 5.09. The van der Waals surface area contributed by atoms with E-state index >= 15 is 0 Å². The largest absolute Gasteiger partial charge is 0.355 e. The Balaban J connectivity index is 1.39. The van der Waals surface area contributed by atoms with Gasteiger partial charge in [0, 0.05) is 30.7 Å². The first-order valence-electron chi connectivity index (χ1n) is 9.31. The first-order valence-corrected chi connectivity index (χ1v) is 9.31. The molecule has 0 spiro atoms. The van der Waals surface area contributed by atoms with Crippen molar-refractivity contribution >= 4 is 5.82 Å². The molecule has 2 aromatic rings. The van der Waals surface area contributed by atoms with Gasteiger partial charge in [-0.15, -0.1) is 10.2 Å². The maximum atomic E-state index is 13.0. The van der Waals surface area contributed by atoms with Gasteiger partial charge in [0.15, 0.2) is 5.82 Å². The number of benzene rings is 1. The zero-order valence-corrected chi connectivity index (χ0v) is 14.7. The number of rotatable bonds is 3. The summed E-state index contributed by atoms with van der Waals surface area (Å²) >= 11 is 0. The van der Waals surface area contributed by atoms with Gasteiger partial charge in [-0.2, -0.15) is 0 Å². The Labute approximate surface area is 148 Å². The van der Waals surface area contributed by atoms with E-state index in [1.165, 1.54) is 44.4 Å². The van der Waals surface area contributed by atoms with Gasteiger partial charge < -0.3 is 4.90 Å². The highest BCUT2D eigenvalue weighted by atomic mass is 19.1. The molecule has 4 nitrogen and oxygen atoms in total. The molecule has 0 radical (unpaired) electrons. The molecular formula is C20H25FN4. The lowest BCUT2D eigenvalue weighted by Gasteiger charge is -2.38. The number of halogens is 1. The molecule has 0 aliphatic carbocycles. The van der Waals surface area contributed by atoms with Crippen molar-refractivity contribution in [3.8, 4) is 11.3 Å². The van der Waals surface area contributed by atoms with Gasteiger partial charge >= 0.3 is 0 Å². The molecule has 2 aliphatic heterocycles. The fourth-order valence-electron chi connectivity index (χ4n) is 4.19. The van der Waals surface area contributed by atoms with E-state index in [4.69, 9.17) is 0 Å². The van der Waals surface area contributed by atoms with Crippen LogP contribution in [0.1, 0.15) is 32.6 Å². The summed E-state index contributed by atoms with van der Waals surface area (Å²) in [5.74, 6) is 0.710. The van der Waals surface area contributed by atoms with Crippen LogP contribution in [0.2, 0.25) is 0 Å². The van der Waals surface area contributed by atoms with Crippen LogP contribution < -0.4 is 4.90 Å². The maximum absolute atomic E-state index is 13.0. The fourth-order valence-corrected chi connectivity index (χ4v) is 4.19. The second-order valence-corrected chi connectivity index (χ2v) is 7.23. The van der Waals surface area contributed by atoms with Crippen LogP contribution in [0.25, 0.3) is 11.3 Å². The summed E-state index contributed by atoms with van der Waals surface area (Å²) in [6, 6.07) is 11.9. The van der Waals surface area contributed by atoms with Gasteiger partial charge in [-0.25, -0.2) is 4.39 Å². The Kier molecular flexibility index (Phi) is 4.66. The van der Waals surface area contributed by atoms with Crippen molar-refractivity contribution in [3.05, 3.63) is 42.2 Å². The molecule has 25 heavy (non-hydrogen) atoms. The van der Waals surface area contributed by atoms with Gasteiger partial charge in [0.05, 0.1) is 5.69 Å². The molecule has 2 fully saturated rings. The van der Waals surface area contributed by atoms with Crippen LogP contribution in [0, 0.1) is 5.82 Å². The smallest absolute Gasteiger partial charge is 0.151 e. The van der Waals surface area contributed by atoms with Crippen LogP contribution in [-0.2, 0) is 0 Å². The lowest BCUT2D eigenvalue weighted by Crippen LogP contribution is -2.46. The molecule has 4 rings (SSSR count). The molecule has 0 amide bonds. The third kappa shape index (κ3) is 3.52. The first-order chi connectivity index (χ1) is 12.2. The Morgan fingerprint density at radius 2 is 1.68 bits per heavy atom. The van der Waals surface area contributed by atoms with Crippen molar-refractivity contribution in [1.82, 2.24) is 15.1 Å². The van der Waals surface area contributed by atoms with Crippen molar-refractivity contribution in [1.29, 1.82) is 0 Å². The van der Waals surface area contributed by atoms with E-state index in [9.17, 15) is 4.39 Å². The van der Waals surface area contributed by atoms with Crippen LogP contribution in [0.15, 0.2) is 36.4 Å². The van der Waals surface area contributed by atoms with E-state index in [-0.39, 0.29) is 5.82 Å². The van der Waals surface area contributed by atoms with Crippen molar-refractivity contribution < 1.29 is 4.39 Å². The molecule has 1 aromatic carbocycles. The summed E-state index contributed by atoms with van der Waals surface area (Å²) in [5.41, 5.74) is 1.67. The van der Waals surface area contributed by atoms with Gasteiger partial charge in [-0.3, -0.25) is 4.90 Å². The minimum atomic E-state index is -0.233. The number of aromatic nitrogens is 2. The molecule has 0 saturated carbocycles. The van der Waals surface area contributed by atoms with Crippen LogP contribution in [0.3, 0.4) is 0 Å². The highest BCUT2D eigenvalue weighted by Crippen LogP contribution is 2.27. The Hall–Kier alpha value is -2.01. The summed E-state index contributed by atoms with van der Waals surface area (Å²) in [6.45, 7) is 5.70. The molecule has 3 heterocycles. The minimum Gasteiger partial charge on any atom is -0.355 e. The van der Waals surface area contributed by atoms with Gasteiger partial charge in [-0.1, -0.05) is 0 Å². The number of likely N-dealkylation sites (tertiary alicyclic amines) is 1. The van der Waals surface area contributed by atoms with Crippen LogP contribution >= 0.6 is 0 Å². The van der Waals surface area contributed by atoms with E-state index in [1.54, 1.807) is 12.1 Å². The fraction of sp³-hybridized carbons (Fsp3) is 0.500. The molecule has 132 valence electrons. The number of anilines is 1.